The quantitative estimate of drug-likeness (QED) is 0.536. The summed E-state index contributed by atoms with van der Waals surface area (Å²) < 4.78 is 6.82. The number of amides is 2. The summed E-state index contributed by atoms with van der Waals surface area (Å²) in [6.45, 7) is 2.13. The predicted octanol–water partition coefficient (Wildman–Crippen LogP) is 3.61. The highest BCUT2D eigenvalue weighted by Crippen LogP contribution is 2.49. The molecule has 0 spiro atoms. The number of likely N-dealkylation sites (tertiary alicyclic amines) is 1. The highest BCUT2D eigenvalue weighted by Gasteiger charge is 2.46. The van der Waals surface area contributed by atoms with E-state index in [2.05, 4.69) is 23.3 Å². The van der Waals surface area contributed by atoms with Gasteiger partial charge in [-0.05, 0) is 67.6 Å². The van der Waals surface area contributed by atoms with Crippen molar-refractivity contribution in [1.82, 2.24) is 14.7 Å². The van der Waals surface area contributed by atoms with Gasteiger partial charge in [0, 0.05) is 42.7 Å². The maximum Gasteiger partial charge on any atom is 0.277 e. The van der Waals surface area contributed by atoms with E-state index in [4.69, 9.17) is 4.74 Å². The van der Waals surface area contributed by atoms with Crippen LogP contribution in [-0.4, -0.2) is 53.2 Å². The van der Waals surface area contributed by atoms with E-state index in [0.717, 1.165) is 38.0 Å². The van der Waals surface area contributed by atoms with Gasteiger partial charge in [0.15, 0.2) is 5.69 Å². The van der Waals surface area contributed by atoms with Gasteiger partial charge in [-0.2, -0.15) is 10.4 Å². The Morgan fingerprint density at radius 3 is 2.33 bits per heavy atom. The second-order valence-corrected chi connectivity index (χ2v) is 9.85. The molecule has 0 N–H and O–H groups in total. The lowest BCUT2D eigenvalue weighted by Gasteiger charge is -2.28. The zero-order chi connectivity index (χ0) is 24.9. The molecule has 8 heteroatoms. The number of fused-ring (bicyclic) bond motifs is 1. The van der Waals surface area contributed by atoms with Crippen molar-refractivity contribution in [3.8, 4) is 17.5 Å². The first kappa shape index (κ1) is 22.4. The number of rotatable bonds is 6. The Morgan fingerprint density at radius 2 is 1.72 bits per heavy atom. The van der Waals surface area contributed by atoms with Crippen LogP contribution in [0.3, 0.4) is 0 Å². The van der Waals surface area contributed by atoms with E-state index in [1.807, 2.05) is 41.3 Å². The third-order valence-corrected chi connectivity index (χ3v) is 7.75. The maximum atomic E-state index is 13.7. The molecule has 0 unspecified atom stereocenters. The van der Waals surface area contributed by atoms with Gasteiger partial charge in [-0.3, -0.25) is 9.59 Å². The predicted molar refractivity (Wildman–Crippen MR) is 133 cm³/mol. The molecule has 3 aromatic rings. The lowest BCUT2D eigenvalue weighted by Crippen LogP contribution is -2.39. The smallest absolute Gasteiger partial charge is 0.277 e. The van der Waals surface area contributed by atoms with E-state index < -0.39 is 0 Å². The summed E-state index contributed by atoms with van der Waals surface area (Å²) in [7, 11) is 1.60. The van der Waals surface area contributed by atoms with Gasteiger partial charge in [0.2, 0.25) is 5.91 Å². The first-order chi connectivity index (χ1) is 17.5. The minimum Gasteiger partial charge on any atom is -0.497 e. The van der Waals surface area contributed by atoms with E-state index in [9.17, 15) is 14.9 Å². The van der Waals surface area contributed by atoms with Crippen LogP contribution < -0.4 is 9.64 Å². The third-order valence-electron chi connectivity index (χ3n) is 7.75. The number of nitriles is 1. The number of hydrogen-bond donors (Lipinski definition) is 0. The van der Waals surface area contributed by atoms with Crippen molar-refractivity contribution in [3.05, 3.63) is 71.0 Å². The molecule has 0 atom stereocenters. The second kappa shape index (κ2) is 8.52. The lowest BCUT2D eigenvalue weighted by atomic mass is 9.94. The van der Waals surface area contributed by atoms with Gasteiger partial charge in [0.1, 0.15) is 17.5 Å². The summed E-state index contributed by atoms with van der Waals surface area (Å²) in [5.74, 6) is 0.797. The number of methoxy groups -OCH3 is 1. The largest absolute Gasteiger partial charge is 0.497 e. The number of aromatic nitrogens is 2. The molecule has 2 amide bonds. The summed E-state index contributed by atoms with van der Waals surface area (Å²) in [5.41, 5.74) is 4.21. The molecule has 1 saturated heterocycles. The van der Waals surface area contributed by atoms with E-state index in [0.29, 0.717) is 42.1 Å². The van der Waals surface area contributed by atoms with Gasteiger partial charge in [0.05, 0.1) is 12.8 Å². The van der Waals surface area contributed by atoms with Crippen LogP contribution >= 0.6 is 0 Å². The molecule has 36 heavy (non-hydrogen) atoms. The number of ether oxygens (including phenoxy) is 1. The fourth-order valence-electron chi connectivity index (χ4n) is 5.53. The monoisotopic (exact) mass is 481 g/mol. The van der Waals surface area contributed by atoms with Crippen LogP contribution in [0.15, 0.2) is 48.5 Å². The van der Waals surface area contributed by atoms with Crippen molar-refractivity contribution in [3.63, 3.8) is 0 Å². The SMILES string of the molecule is COc1ccc(-n2nc(C#N)c3c2C(=O)N(c2ccc(C4(CN5CCCC5=O)CC4)cc2)CC3)cc1. The molecule has 1 aliphatic carbocycles. The molecule has 1 aromatic heterocycles. The van der Waals surface area contributed by atoms with Crippen LogP contribution in [0.4, 0.5) is 5.69 Å². The molecule has 1 saturated carbocycles. The molecular formula is C28H27N5O3. The average molecular weight is 482 g/mol. The number of carbonyl (C=O) groups excluding carboxylic acids is 2. The number of nitrogens with zero attached hydrogens (tertiary/aromatic N) is 5. The summed E-state index contributed by atoms with van der Waals surface area (Å²) in [5, 5.41) is 14.1. The number of carbonyl (C=O) groups is 2. The first-order valence-corrected chi connectivity index (χ1v) is 12.4. The third kappa shape index (κ3) is 3.63. The van der Waals surface area contributed by atoms with Gasteiger partial charge < -0.3 is 14.5 Å². The Morgan fingerprint density at radius 1 is 1.00 bits per heavy atom. The molecule has 2 aliphatic heterocycles. The topological polar surface area (TPSA) is 91.5 Å². The highest BCUT2D eigenvalue weighted by atomic mass is 16.5. The Labute approximate surface area is 209 Å². The molecule has 2 aromatic carbocycles. The lowest BCUT2D eigenvalue weighted by molar-refractivity contribution is -0.128. The average Bonchev–Trinajstić information content (AvgIpc) is 3.43. The van der Waals surface area contributed by atoms with E-state index >= 15 is 0 Å². The van der Waals surface area contributed by atoms with E-state index in [1.54, 1.807) is 16.7 Å². The Hall–Kier alpha value is -4.12. The van der Waals surface area contributed by atoms with Crippen LogP contribution in [0.5, 0.6) is 5.75 Å². The number of benzene rings is 2. The standard InChI is InChI=1S/C28H27N5O3/c1-36-22-10-8-21(9-11-22)33-26-23(24(17-29)30-33)12-16-32(27(26)35)20-6-4-19(5-7-20)28(13-14-28)18-31-15-2-3-25(31)34/h4-11H,2-3,12-16,18H2,1H3. The Bertz CT molecular complexity index is 1380. The molecule has 2 fully saturated rings. The number of hydrogen-bond acceptors (Lipinski definition) is 5. The molecule has 0 bridgehead atoms. The molecular weight excluding hydrogens is 454 g/mol. The van der Waals surface area contributed by atoms with Crippen molar-refractivity contribution in [1.29, 1.82) is 5.26 Å². The highest BCUT2D eigenvalue weighted by molar-refractivity contribution is 6.07. The Kier molecular flexibility index (Phi) is 5.29. The van der Waals surface area contributed by atoms with Crippen LogP contribution in [0.2, 0.25) is 0 Å². The Balaban J connectivity index is 1.28. The summed E-state index contributed by atoms with van der Waals surface area (Å²) >= 11 is 0. The molecule has 6 rings (SSSR count). The molecule has 0 radical (unpaired) electrons. The van der Waals surface area contributed by atoms with E-state index in [1.165, 1.54) is 5.56 Å². The minimum absolute atomic E-state index is 0.0479. The van der Waals surface area contributed by atoms with Crippen LogP contribution in [0, 0.1) is 11.3 Å². The van der Waals surface area contributed by atoms with Gasteiger partial charge in [0.25, 0.3) is 5.91 Å². The normalized spacial score (nSPS) is 18.2. The van der Waals surface area contributed by atoms with Gasteiger partial charge >= 0.3 is 0 Å². The summed E-state index contributed by atoms with van der Waals surface area (Å²) in [6, 6.07) is 17.6. The molecule has 8 nitrogen and oxygen atoms in total. The van der Waals surface area contributed by atoms with E-state index in [-0.39, 0.29) is 22.9 Å². The van der Waals surface area contributed by atoms with Crippen molar-refractivity contribution in [2.75, 3.05) is 31.6 Å². The summed E-state index contributed by atoms with van der Waals surface area (Å²) in [6.07, 6.45) is 4.34. The van der Waals surface area contributed by atoms with Gasteiger partial charge in [-0.15, -0.1) is 0 Å². The fraction of sp³-hybridized carbons (Fsp3) is 0.357. The van der Waals surface area contributed by atoms with Crippen LogP contribution in [0.25, 0.3) is 5.69 Å². The molecule has 3 heterocycles. The molecule has 3 aliphatic rings. The van der Waals surface area contributed by atoms with Crippen molar-refractivity contribution in [2.24, 2.45) is 0 Å². The van der Waals surface area contributed by atoms with Crippen molar-refractivity contribution < 1.29 is 14.3 Å². The minimum atomic E-state index is -0.169. The van der Waals surface area contributed by atoms with Crippen LogP contribution in [0.1, 0.15) is 53.0 Å². The van der Waals surface area contributed by atoms with Gasteiger partial charge in [-0.1, -0.05) is 12.1 Å². The maximum absolute atomic E-state index is 13.7. The van der Waals surface area contributed by atoms with Gasteiger partial charge in [-0.25, -0.2) is 4.68 Å². The van der Waals surface area contributed by atoms with Crippen molar-refractivity contribution in [2.45, 2.75) is 37.5 Å². The molecule has 182 valence electrons. The fourth-order valence-corrected chi connectivity index (χ4v) is 5.53. The number of anilines is 1. The van der Waals surface area contributed by atoms with Crippen LogP contribution in [-0.2, 0) is 16.6 Å². The second-order valence-electron chi connectivity index (χ2n) is 9.85. The first-order valence-electron chi connectivity index (χ1n) is 12.4. The van der Waals surface area contributed by atoms with Crippen molar-refractivity contribution >= 4 is 17.5 Å². The zero-order valence-electron chi connectivity index (χ0n) is 20.2. The zero-order valence-corrected chi connectivity index (χ0v) is 20.2. The summed E-state index contributed by atoms with van der Waals surface area (Å²) in [4.78, 5) is 29.6.